The van der Waals surface area contributed by atoms with Crippen LogP contribution in [0, 0.1) is 6.92 Å². The van der Waals surface area contributed by atoms with E-state index < -0.39 is 0 Å². The molecular weight excluding hydrogens is 240 g/mol. The van der Waals surface area contributed by atoms with Crippen LogP contribution in [-0.4, -0.2) is 30.8 Å². The van der Waals surface area contributed by atoms with Gasteiger partial charge >= 0.3 is 0 Å². The molecule has 0 aliphatic heterocycles. The number of rotatable bonds is 5. The van der Waals surface area contributed by atoms with Crippen LogP contribution in [-0.2, 0) is 4.79 Å². The van der Waals surface area contributed by atoms with Gasteiger partial charge in [0.1, 0.15) is 5.88 Å². The Labute approximate surface area is 105 Å². The van der Waals surface area contributed by atoms with E-state index in [0.29, 0.717) is 18.7 Å². The van der Waals surface area contributed by atoms with Crippen molar-refractivity contribution in [2.24, 2.45) is 0 Å². The van der Waals surface area contributed by atoms with Gasteiger partial charge in [0.2, 0.25) is 5.91 Å². The minimum atomic E-state index is -0.239. The summed E-state index contributed by atoms with van der Waals surface area (Å²) in [7, 11) is 0. The molecule has 1 rings (SSSR count). The fourth-order valence-corrected chi connectivity index (χ4v) is 1.44. The molecule has 17 heavy (non-hydrogen) atoms. The largest absolute Gasteiger partial charge is 0.353 e. The van der Waals surface area contributed by atoms with Crippen molar-refractivity contribution in [1.29, 1.82) is 0 Å². The highest BCUT2D eigenvalue weighted by Crippen LogP contribution is 2.05. The maximum Gasteiger partial charge on any atom is 0.251 e. The Hall–Kier alpha value is -1.55. The second kappa shape index (κ2) is 6.91. The number of nitrogens with one attached hydrogen (secondary N) is 2. The van der Waals surface area contributed by atoms with E-state index in [1.807, 2.05) is 25.1 Å². The molecule has 0 unspecified atom stereocenters. The van der Waals surface area contributed by atoms with Gasteiger partial charge in [-0.1, -0.05) is 18.2 Å². The highest BCUT2D eigenvalue weighted by Gasteiger charge is 2.06. The number of hydrogen-bond acceptors (Lipinski definition) is 2. The fraction of sp³-hybridized carbons (Fsp3) is 0.333. The zero-order chi connectivity index (χ0) is 12.7. The third kappa shape index (κ3) is 4.44. The molecule has 0 atom stereocenters. The van der Waals surface area contributed by atoms with Gasteiger partial charge < -0.3 is 10.6 Å². The van der Waals surface area contributed by atoms with Gasteiger partial charge in [-0.05, 0) is 18.6 Å². The van der Waals surface area contributed by atoms with Crippen molar-refractivity contribution < 1.29 is 9.59 Å². The fourth-order valence-electron chi connectivity index (χ4n) is 1.35. The Balaban J connectivity index is 2.36. The number of halogens is 1. The van der Waals surface area contributed by atoms with Crippen LogP contribution in [0.15, 0.2) is 24.3 Å². The molecule has 0 spiro atoms. The summed E-state index contributed by atoms with van der Waals surface area (Å²) in [4.78, 5) is 22.6. The Kier molecular flexibility index (Phi) is 5.49. The second-order valence-electron chi connectivity index (χ2n) is 3.55. The van der Waals surface area contributed by atoms with Crippen LogP contribution in [0.4, 0.5) is 0 Å². The van der Waals surface area contributed by atoms with Crippen molar-refractivity contribution >= 4 is 23.4 Å². The van der Waals surface area contributed by atoms with Crippen LogP contribution in [0.5, 0.6) is 0 Å². The third-order valence-electron chi connectivity index (χ3n) is 2.24. The predicted molar refractivity (Wildman–Crippen MR) is 67.2 cm³/mol. The van der Waals surface area contributed by atoms with E-state index >= 15 is 0 Å². The average Bonchev–Trinajstić information content (AvgIpc) is 2.34. The maximum absolute atomic E-state index is 11.7. The molecule has 2 amide bonds. The highest BCUT2D eigenvalue weighted by molar-refractivity contribution is 6.27. The molecule has 5 heteroatoms. The van der Waals surface area contributed by atoms with Gasteiger partial charge in [0, 0.05) is 18.7 Å². The lowest BCUT2D eigenvalue weighted by Crippen LogP contribution is -2.35. The monoisotopic (exact) mass is 254 g/mol. The minimum absolute atomic E-state index is 0.0638. The van der Waals surface area contributed by atoms with Crippen molar-refractivity contribution in [3.63, 3.8) is 0 Å². The number of amides is 2. The summed E-state index contributed by atoms with van der Waals surface area (Å²) >= 11 is 5.31. The van der Waals surface area contributed by atoms with E-state index in [9.17, 15) is 9.59 Å². The van der Waals surface area contributed by atoms with Crippen molar-refractivity contribution in [2.45, 2.75) is 6.92 Å². The first-order valence-electron chi connectivity index (χ1n) is 5.31. The zero-order valence-electron chi connectivity index (χ0n) is 9.63. The van der Waals surface area contributed by atoms with Crippen molar-refractivity contribution in [2.75, 3.05) is 19.0 Å². The molecule has 0 saturated carbocycles. The SMILES string of the molecule is Cc1ccccc1C(=O)NCCNC(=O)CCl. The van der Waals surface area contributed by atoms with Crippen molar-refractivity contribution in [3.8, 4) is 0 Å². The van der Waals surface area contributed by atoms with E-state index in [1.54, 1.807) is 6.07 Å². The van der Waals surface area contributed by atoms with Crippen LogP contribution >= 0.6 is 11.6 Å². The summed E-state index contributed by atoms with van der Waals surface area (Å²) in [6, 6.07) is 7.34. The number of alkyl halides is 1. The summed E-state index contributed by atoms with van der Waals surface area (Å²) in [6.45, 7) is 2.64. The Morgan fingerprint density at radius 2 is 1.82 bits per heavy atom. The standard InChI is InChI=1S/C12H15ClN2O2/c1-9-4-2-3-5-10(9)12(17)15-7-6-14-11(16)8-13/h2-5H,6-8H2,1H3,(H,14,16)(H,15,17). The lowest BCUT2D eigenvalue weighted by Gasteiger charge is -2.07. The molecule has 1 aromatic carbocycles. The quantitative estimate of drug-likeness (QED) is 0.610. The van der Waals surface area contributed by atoms with Gasteiger partial charge in [-0.3, -0.25) is 9.59 Å². The van der Waals surface area contributed by atoms with Gasteiger partial charge in [0.25, 0.3) is 5.91 Å². The first-order valence-corrected chi connectivity index (χ1v) is 5.85. The molecule has 0 saturated heterocycles. The van der Waals surface area contributed by atoms with Gasteiger partial charge in [-0.25, -0.2) is 0 Å². The molecule has 0 radical (unpaired) electrons. The van der Waals surface area contributed by atoms with Gasteiger partial charge in [-0.15, -0.1) is 11.6 Å². The summed E-state index contributed by atoms with van der Waals surface area (Å²) in [5, 5.41) is 5.29. The molecule has 0 heterocycles. The maximum atomic E-state index is 11.7. The van der Waals surface area contributed by atoms with Crippen LogP contribution in [0.3, 0.4) is 0 Å². The number of benzene rings is 1. The molecule has 0 aliphatic rings. The van der Waals surface area contributed by atoms with Gasteiger partial charge in [-0.2, -0.15) is 0 Å². The Bertz CT molecular complexity index is 407. The molecule has 92 valence electrons. The van der Waals surface area contributed by atoms with E-state index in [-0.39, 0.29) is 17.7 Å². The Morgan fingerprint density at radius 1 is 1.18 bits per heavy atom. The van der Waals surface area contributed by atoms with E-state index in [4.69, 9.17) is 11.6 Å². The lowest BCUT2D eigenvalue weighted by molar-refractivity contribution is -0.118. The summed E-state index contributed by atoms with van der Waals surface area (Å²) in [5.41, 5.74) is 1.57. The lowest BCUT2D eigenvalue weighted by atomic mass is 10.1. The van der Waals surface area contributed by atoms with Crippen molar-refractivity contribution in [1.82, 2.24) is 10.6 Å². The molecule has 0 aromatic heterocycles. The normalized spacial score (nSPS) is 9.76. The molecule has 0 aliphatic carbocycles. The first kappa shape index (κ1) is 13.5. The van der Waals surface area contributed by atoms with Crippen LogP contribution in [0.1, 0.15) is 15.9 Å². The van der Waals surface area contributed by atoms with Gasteiger partial charge in [0.05, 0.1) is 0 Å². The Morgan fingerprint density at radius 3 is 2.47 bits per heavy atom. The molecule has 1 aromatic rings. The third-order valence-corrected chi connectivity index (χ3v) is 2.49. The van der Waals surface area contributed by atoms with E-state index in [0.717, 1.165) is 5.56 Å². The van der Waals surface area contributed by atoms with Gasteiger partial charge in [0.15, 0.2) is 0 Å². The molecule has 4 nitrogen and oxygen atoms in total. The molecule has 0 bridgehead atoms. The predicted octanol–water partition coefficient (Wildman–Crippen LogP) is 1.08. The smallest absolute Gasteiger partial charge is 0.251 e. The highest BCUT2D eigenvalue weighted by atomic mass is 35.5. The first-order chi connectivity index (χ1) is 8.15. The van der Waals surface area contributed by atoms with Crippen LogP contribution in [0.2, 0.25) is 0 Å². The zero-order valence-corrected chi connectivity index (χ0v) is 10.4. The number of carbonyl (C=O) groups is 2. The van der Waals surface area contributed by atoms with E-state index in [1.165, 1.54) is 0 Å². The minimum Gasteiger partial charge on any atom is -0.353 e. The average molecular weight is 255 g/mol. The number of hydrogen-bond donors (Lipinski definition) is 2. The number of aryl methyl sites for hydroxylation is 1. The summed E-state index contributed by atoms with van der Waals surface area (Å²) in [6.07, 6.45) is 0. The summed E-state index contributed by atoms with van der Waals surface area (Å²) in [5.74, 6) is -0.439. The molecular formula is C12H15ClN2O2. The van der Waals surface area contributed by atoms with E-state index in [2.05, 4.69) is 10.6 Å². The second-order valence-corrected chi connectivity index (χ2v) is 3.82. The van der Waals surface area contributed by atoms with Crippen molar-refractivity contribution in [3.05, 3.63) is 35.4 Å². The summed E-state index contributed by atoms with van der Waals surface area (Å²) < 4.78 is 0. The van der Waals surface area contributed by atoms with Crippen LogP contribution < -0.4 is 10.6 Å². The van der Waals surface area contributed by atoms with Crippen LogP contribution in [0.25, 0.3) is 0 Å². The number of carbonyl (C=O) groups excluding carboxylic acids is 2. The molecule has 2 N–H and O–H groups in total. The topological polar surface area (TPSA) is 58.2 Å². The molecule has 0 fully saturated rings.